The number of benzene rings is 1. The molecule has 1 saturated heterocycles. The molecule has 180 valence electrons. The largest absolute Gasteiger partial charge is 0.497 e. The first-order valence-electron chi connectivity index (χ1n) is 11.7. The Morgan fingerprint density at radius 2 is 2.24 bits per heavy atom. The zero-order chi connectivity index (χ0) is 23.7. The fraction of sp³-hybridized carbons (Fsp3) is 0.480. The van der Waals surface area contributed by atoms with E-state index in [1.807, 2.05) is 49.6 Å². The molecule has 1 aromatic carbocycles. The van der Waals surface area contributed by atoms with Crippen LogP contribution in [-0.4, -0.2) is 46.7 Å². The highest BCUT2D eigenvalue weighted by Gasteiger charge is 2.36. The third-order valence-corrected chi connectivity index (χ3v) is 7.31. The lowest BCUT2D eigenvalue weighted by Gasteiger charge is -2.39. The van der Waals surface area contributed by atoms with Gasteiger partial charge in [0.25, 0.3) is 0 Å². The Labute approximate surface area is 203 Å². The number of aromatic nitrogens is 2. The van der Waals surface area contributed by atoms with Crippen molar-refractivity contribution in [2.45, 2.75) is 51.3 Å². The first-order chi connectivity index (χ1) is 16.4. The molecule has 3 aromatic rings. The monoisotopic (exact) mass is 482 g/mol. The van der Waals surface area contributed by atoms with Crippen molar-refractivity contribution in [2.75, 3.05) is 20.2 Å². The SMILES string of the molecule is COc1ccc2c(c1)OC(C)(C)CC2NC(=O)C1CCCN(Cc2nc(-c3cccs3)no2)C1. The zero-order valence-corrected chi connectivity index (χ0v) is 20.6. The molecular formula is C25H30N4O4S. The minimum absolute atomic E-state index is 0.0823. The number of carbonyl (C=O) groups excluding carboxylic acids is 1. The summed E-state index contributed by atoms with van der Waals surface area (Å²) in [5.41, 5.74) is 0.613. The van der Waals surface area contributed by atoms with Gasteiger partial charge in [-0.05, 0) is 56.8 Å². The van der Waals surface area contributed by atoms with Crippen molar-refractivity contribution in [3.8, 4) is 22.2 Å². The topological polar surface area (TPSA) is 89.7 Å². The van der Waals surface area contributed by atoms with Crippen LogP contribution in [0.25, 0.3) is 10.7 Å². The normalized spacial score (nSPS) is 22.0. The second-order valence-electron chi connectivity index (χ2n) is 9.59. The van der Waals surface area contributed by atoms with Crippen LogP contribution in [0.5, 0.6) is 11.5 Å². The molecule has 2 aliphatic heterocycles. The van der Waals surface area contributed by atoms with Crippen molar-refractivity contribution >= 4 is 17.2 Å². The van der Waals surface area contributed by atoms with Crippen molar-refractivity contribution in [3.63, 3.8) is 0 Å². The molecule has 4 heterocycles. The van der Waals surface area contributed by atoms with Gasteiger partial charge in [-0.1, -0.05) is 11.2 Å². The quantitative estimate of drug-likeness (QED) is 0.556. The fourth-order valence-corrected chi connectivity index (χ4v) is 5.46. The summed E-state index contributed by atoms with van der Waals surface area (Å²) in [6.45, 7) is 6.23. The Kier molecular flexibility index (Phi) is 6.31. The average Bonchev–Trinajstić information content (AvgIpc) is 3.50. The molecule has 2 aliphatic rings. The molecule has 0 spiro atoms. The first-order valence-corrected chi connectivity index (χ1v) is 12.5. The predicted molar refractivity (Wildman–Crippen MR) is 129 cm³/mol. The smallest absolute Gasteiger partial charge is 0.241 e. The summed E-state index contributed by atoms with van der Waals surface area (Å²) in [4.78, 5) is 21.1. The van der Waals surface area contributed by atoms with Crippen LogP contribution in [0.2, 0.25) is 0 Å². The molecule has 2 atom stereocenters. The van der Waals surface area contributed by atoms with Crippen LogP contribution >= 0.6 is 11.3 Å². The third kappa shape index (κ3) is 4.95. The van der Waals surface area contributed by atoms with Gasteiger partial charge in [0.1, 0.15) is 17.1 Å². The van der Waals surface area contributed by atoms with Crippen LogP contribution < -0.4 is 14.8 Å². The van der Waals surface area contributed by atoms with Gasteiger partial charge in [-0.15, -0.1) is 11.3 Å². The molecular weight excluding hydrogens is 452 g/mol. The van der Waals surface area contributed by atoms with E-state index in [4.69, 9.17) is 14.0 Å². The number of thiophene rings is 1. The number of ether oxygens (including phenoxy) is 2. The van der Waals surface area contributed by atoms with E-state index in [9.17, 15) is 4.79 Å². The number of hydrogen-bond donors (Lipinski definition) is 1. The van der Waals surface area contributed by atoms with Crippen LogP contribution in [0.15, 0.2) is 40.2 Å². The summed E-state index contributed by atoms with van der Waals surface area (Å²) in [5, 5.41) is 9.40. The van der Waals surface area contributed by atoms with Gasteiger partial charge >= 0.3 is 0 Å². The maximum Gasteiger partial charge on any atom is 0.241 e. The van der Waals surface area contributed by atoms with E-state index in [2.05, 4.69) is 20.4 Å². The van der Waals surface area contributed by atoms with E-state index in [0.29, 0.717) is 31.2 Å². The van der Waals surface area contributed by atoms with Gasteiger partial charge in [0.15, 0.2) is 0 Å². The highest BCUT2D eigenvalue weighted by molar-refractivity contribution is 7.13. The number of amides is 1. The Balaban J connectivity index is 1.24. The fourth-order valence-electron chi connectivity index (χ4n) is 4.81. The van der Waals surface area contributed by atoms with Crippen molar-refractivity contribution in [3.05, 3.63) is 47.2 Å². The molecule has 34 heavy (non-hydrogen) atoms. The van der Waals surface area contributed by atoms with Gasteiger partial charge in [-0.2, -0.15) is 4.98 Å². The van der Waals surface area contributed by atoms with E-state index in [1.165, 1.54) is 0 Å². The van der Waals surface area contributed by atoms with Gasteiger partial charge in [0, 0.05) is 24.6 Å². The molecule has 8 nitrogen and oxygen atoms in total. The molecule has 2 aromatic heterocycles. The summed E-state index contributed by atoms with van der Waals surface area (Å²) in [7, 11) is 1.64. The number of methoxy groups -OCH3 is 1. The summed E-state index contributed by atoms with van der Waals surface area (Å²) < 4.78 is 17.0. The second-order valence-corrected chi connectivity index (χ2v) is 10.5. The number of carbonyl (C=O) groups is 1. The van der Waals surface area contributed by atoms with E-state index < -0.39 is 0 Å². The molecule has 0 saturated carbocycles. The van der Waals surface area contributed by atoms with Crippen molar-refractivity contribution in [1.29, 1.82) is 0 Å². The number of likely N-dealkylation sites (tertiary alicyclic amines) is 1. The molecule has 1 fully saturated rings. The summed E-state index contributed by atoms with van der Waals surface area (Å²) in [6.07, 6.45) is 2.54. The van der Waals surface area contributed by atoms with Gasteiger partial charge in [-0.25, -0.2) is 0 Å². The molecule has 9 heteroatoms. The van der Waals surface area contributed by atoms with E-state index in [1.54, 1.807) is 18.4 Å². The van der Waals surface area contributed by atoms with Crippen LogP contribution in [0, 0.1) is 5.92 Å². The Morgan fingerprint density at radius 3 is 3.03 bits per heavy atom. The minimum atomic E-state index is -0.381. The lowest BCUT2D eigenvalue weighted by atomic mass is 9.88. The zero-order valence-electron chi connectivity index (χ0n) is 19.7. The van der Waals surface area contributed by atoms with Gasteiger partial charge < -0.3 is 19.3 Å². The maximum atomic E-state index is 13.3. The summed E-state index contributed by atoms with van der Waals surface area (Å²) in [5.74, 6) is 2.71. The number of fused-ring (bicyclic) bond motifs is 1. The van der Waals surface area contributed by atoms with Gasteiger partial charge in [-0.3, -0.25) is 9.69 Å². The number of hydrogen-bond acceptors (Lipinski definition) is 8. The van der Waals surface area contributed by atoms with E-state index >= 15 is 0 Å². The van der Waals surface area contributed by atoms with E-state index in [-0.39, 0.29) is 23.5 Å². The van der Waals surface area contributed by atoms with Crippen LogP contribution in [0.1, 0.15) is 50.6 Å². The predicted octanol–water partition coefficient (Wildman–Crippen LogP) is 4.44. The van der Waals surface area contributed by atoms with Crippen molar-refractivity contribution in [1.82, 2.24) is 20.4 Å². The number of nitrogens with zero attached hydrogens (tertiary/aromatic N) is 3. The molecule has 0 bridgehead atoms. The summed E-state index contributed by atoms with van der Waals surface area (Å²) >= 11 is 1.59. The number of rotatable bonds is 6. The van der Waals surface area contributed by atoms with Gasteiger partial charge in [0.2, 0.25) is 17.6 Å². The highest BCUT2D eigenvalue weighted by atomic mass is 32.1. The highest BCUT2D eigenvalue weighted by Crippen LogP contribution is 2.41. The lowest BCUT2D eigenvalue weighted by Crippen LogP contribution is -2.46. The third-order valence-electron chi connectivity index (χ3n) is 6.44. The molecule has 1 amide bonds. The van der Waals surface area contributed by atoms with Crippen LogP contribution in [-0.2, 0) is 11.3 Å². The second kappa shape index (κ2) is 9.38. The summed E-state index contributed by atoms with van der Waals surface area (Å²) in [6, 6.07) is 9.65. The lowest BCUT2D eigenvalue weighted by molar-refractivity contribution is -0.128. The van der Waals surface area contributed by atoms with Crippen molar-refractivity contribution in [2.24, 2.45) is 5.92 Å². The van der Waals surface area contributed by atoms with Crippen molar-refractivity contribution < 1.29 is 18.8 Å². The van der Waals surface area contributed by atoms with Crippen LogP contribution in [0.4, 0.5) is 0 Å². The molecule has 0 radical (unpaired) electrons. The molecule has 0 aliphatic carbocycles. The minimum Gasteiger partial charge on any atom is -0.497 e. The Hall–Kier alpha value is -2.91. The molecule has 2 unspecified atom stereocenters. The average molecular weight is 483 g/mol. The molecule has 1 N–H and O–H groups in total. The Bertz CT molecular complexity index is 1140. The molecule has 5 rings (SSSR count). The number of nitrogens with one attached hydrogen (secondary N) is 1. The number of piperidine rings is 1. The van der Waals surface area contributed by atoms with E-state index in [0.717, 1.165) is 41.3 Å². The first kappa shape index (κ1) is 22.9. The van der Waals surface area contributed by atoms with Gasteiger partial charge in [0.05, 0.1) is 30.5 Å². The van der Waals surface area contributed by atoms with Crippen LogP contribution in [0.3, 0.4) is 0 Å². The standard InChI is InChI=1S/C25H30N4O4S/c1-25(2)13-19(18-9-8-17(31-3)12-20(18)32-25)26-24(30)16-6-4-10-29(14-16)15-22-27-23(28-33-22)21-7-5-11-34-21/h5,7-9,11-12,16,19H,4,6,10,13-15H2,1-3H3,(H,26,30). The maximum absolute atomic E-state index is 13.3. The Morgan fingerprint density at radius 1 is 1.35 bits per heavy atom.